The third-order valence-electron chi connectivity index (χ3n) is 5.29. The van der Waals surface area contributed by atoms with Crippen LogP contribution < -0.4 is 20.3 Å². The van der Waals surface area contributed by atoms with E-state index in [-0.39, 0.29) is 5.91 Å². The number of hydrogen-bond donors (Lipinski definition) is 2. The second kappa shape index (κ2) is 10.3. The van der Waals surface area contributed by atoms with Gasteiger partial charge in [0.05, 0.1) is 13.7 Å². The van der Waals surface area contributed by atoms with Crippen LogP contribution in [0.15, 0.2) is 48.5 Å². The zero-order valence-electron chi connectivity index (χ0n) is 17.5. The van der Waals surface area contributed by atoms with Crippen molar-refractivity contribution < 1.29 is 14.3 Å². The third-order valence-corrected chi connectivity index (χ3v) is 5.29. The third kappa shape index (κ3) is 5.49. The number of methoxy groups -OCH3 is 1. The van der Waals surface area contributed by atoms with Crippen LogP contribution in [0.5, 0.6) is 11.5 Å². The molecule has 0 saturated carbocycles. The molecule has 2 unspecified atom stereocenters. The molecule has 29 heavy (non-hydrogen) atoms. The van der Waals surface area contributed by atoms with E-state index in [4.69, 9.17) is 9.47 Å². The number of rotatable bonds is 9. The number of ether oxygens (including phenoxy) is 2. The zero-order valence-corrected chi connectivity index (χ0v) is 17.5. The van der Waals surface area contributed by atoms with Crippen LogP contribution in [0.25, 0.3) is 0 Å². The van der Waals surface area contributed by atoms with Crippen molar-refractivity contribution in [2.24, 2.45) is 0 Å². The number of benzene rings is 2. The molecule has 6 nitrogen and oxygen atoms in total. The molecule has 0 radical (unpaired) electrons. The summed E-state index contributed by atoms with van der Waals surface area (Å²) in [5, 5.41) is 0. The highest BCUT2D eigenvalue weighted by molar-refractivity contribution is 5.94. The summed E-state index contributed by atoms with van der Waals surface area (Å²) in [6, 6.07) is 16.6. The summed E-state index contributed by atoms with van der Waals surface area (Å²) < 4.78 is 10.9. The molecule has 1 saturated heterocycles. The Bertz CT molecular complexity index is 797. The van der Waals surface area contributed by atoms with Gasteiger partial charge in [-0.25, -0.2) is 0 Å². The predicted octanol–water partition coefficient (Wildman–Crippen LogP) is 3.55. The summed E-state index contributed by atoms with van der Waals surface area (Å²) in [4.78, 5) is 14.5. The van der Waals surface area contributed by atoms with Crippen molar-refractivity contribution in [3.63, 3.8) is 0 Å². The highest BCUT2D eigenvalue weighted by Gasteiger charge is 2.24. The molecular weight excluding hydrogens is 366 g/mol. The first kappa shape index (κ1) is 21.1. The van der Waals surface area contributed by atoms with Crippen molar-refractivity contribution >= 4 is 5.91 Å². The second-order valence-electron chi connectivity index (χ2n) is 7.35. The second-order valence-corrected chi connectivity index (χ2v) is 7.35. The van der Waals surface area contributed by atoms with Crippen molar-refractivity contribution in [1.82, 2.24) is 15.8 Å². The fraction of sp³-hybridized carbons (Fsp3) is 0.435. The van der Waals surface area contributed by atoms with Crippen LogP contribution in [0.4, 0.5) is 0 Å². The zero-order chi connectivity index (χ0) is 20.6. The molecule has 6 heteroatoms. The lowest BCUT2D eigenvalue weighted by atomic mass is 10.00. The van der Waals surface area contributed by atoms with Gasteiger partial charge in [0.2, 0.25) is 0 Å². The molecule has 2 aromatic carbocycles. The molecule has 1 aliphatic rings. The van der Waals surface area contributed by atoms with Gasteiger partial charge in [-0.15, -0.1) is 0 Å². The summed E-state index contributed by atoms with van der Waals surface area (Å²) >= 11 is 0. The van der Waals surface area contributed by atoms with Crippen LogP contribution in [0, 0.1) is 0 Å². The van der Waals surface area contributed by atoms with Crippen LogP contribution >= 0.6 is 0 Å². The fourth-order valence-electron chi connectivity index (χ4n) is 3.69. The van der Waals surface area contributed by atoms with Crippen molar-refractivity contribution in [1.29, 1.82) is 0 Å². The van der Waals surface area contributed by atoms with Crippen LogP contribution in [-0.2, 0) is 0 Å². The number of hydrazine groups is 1. The lowest BCUT2D eigenvalue weighted by molar-refractivity contribution is 0.0791. The first-order valence-corrected chi connectivity index (χ1v) is 10.2. The average molecular weight is 398 g/mol. The lowest BCUT2D eigenvalue weighted by Crippen LogP contribution is -2.32. The largest absolute Gasteiger partial charge is 0.493 e. The smallest absolute Gasteiger partial charge is 0.253 e. The highest BCUT2D eigenvalue weighted by atomic mass is 16.5. The number of carbonyl (C=O) groups excluding carboxylic acids is 1. The van der Waals surface area contributed by atoms with Gasteiger partial charge in [-0.2, -0.15) is 0 Å². The number of nitrogens with one attached hydrogen (secondary N) is 2. The fourth-order valence-corrected chi connectivity index (χ4v) is 3.69. The minimum absolute atomic E-state index is 0.00623. The molecule has 1 fully saturated rings. The molecule has 0 aliphatic carbocycles. The summed E-state index contributed by atoms with van der Waals surface area (Å²) in [6.45, 7) is 3.15. The van der Waals surface area contributed by atoms with Crippen LogP contribution in [0.2, 0.25) is 0 Å². The monoisotopic (exact) mass is 397 g/mol. The molecule has 2 N–H and O–H groups in total. The van der Waals surface area contributed by atoms with Gasteiger partial charge >= 0.3 is 0 Å². The van der Waals surface area contributed by atoms with E-state index in [1.54, 1.807) is 30.2 Å². The summed E-state index contributed by atoms with van der Waals surface area (Å²) in [7, 11) is 3.44. The molecule has 1 aliphatic heterocycles. The maximum atomic E-state index is 12.8. The molecule has 156 valence electrons. The first-order valence-electron chi connectivity index (χ1n) is 10.2. The standard InChI is InChI=1S/C23H31N3O3/c1-4-29-22-15-18(12-13-21(22)28-3)23(27)26(2)14-8-11-19-16-20(25-24-19)17-9-6-5-7-10-17/h5-7,9-10,12-13,15,19-20,24-25H,4,8,11,14,16H2,1-3H3. The minimum Gasteiger partial charge on any atom is -0.493 e. The van der Waals surface area contributed by atoms with Crippen LogP contribution in [0.3, 0.4) is 0 Å². The van der Waals surface area contributed by atoms with Gasteiger partial charge in [0.25, 0.3) is 5.91 Å². The Morgan fingerprint density at radius 2 is 1.93 bits per heavy atom. The Balaban J connectivity index is 1.48. The van der Waals surface area contributed by atoms with E-state index in [9.17, 15) is 4.79 Å². The van der Waals surface area contributed by atoms with E-state index in [0.717, 1.165) is 19.3 Å². The molecule has 3 rings (SSSR count). The maximum Gasteiger partial charge on any atom is 0.253 e. The van der Waals surface area contributed by atoms with Gasteiger partial charge in [-0.3, -0.25) is 15.6 Å². The van der Waals surface area contributed by atoms with E-state index >= 15 is 0 Å². The highest BCUT2D eigenvalue weighted by Crippen LogP contribution is 2.28. The summed E-state index contributed by atoms with van der Waals surface area (Å²) in [6.07, 6.45) is 3.01. The van der Waals surface area contributed by atoms with E-state index < -0.39 is 0 Å². The van der Waals surface area contributed by atoms with E-state index in [1.807, 2.05) is 20.0 Å². The number of hydrogen-bond acceptors (Lipinski definition) is 5. The quantitative estimate of drug-likeness (QED) is 0.678. The average Bonchev–Trinajstić information content (AvgIpc) is 3.23. The lowest BCUT2D eigenvalue weighted by Gasteiger charge is -2.19. The van der Waals surface area contributed by atoms with E-state index in [2.05, 4.69) is 35.1 Å². The van der Waals surface area contributed by atoms with Crippen molar-refractivity contribution in [3.8, 4) is 11.5 Å². The molecule has 1 heterocycles. The van der Waals surface area contributed by atoms with Crippen molar-refractivity contribution in [2.75, 3.05) is 27.3 Å². The van der Waals surface area contributed by atoms with Gasteiger partial charge in [-0.05, 0) is 49.9 Å². The Hall–Kier alpha value is -2.57. The van der Waals surface area contributed by atoms with Crippen molar-refractivity contribution in [3.05, 3.63) is 59.7 Å². The van der Waals surface area contributed by atoms with Gasteiger partial charge in [-0.1, -0.05) is 30.3 Å². The Morgan fingerprint density at radius 1 is 1.14 bits per heavy atom. The maximum absolute atomic E-state index is 12.8. The van der Waals surface area contributed by atoms with Crippen LogP contribution in [-0.4, -0.2) is 44.2 Å². The molecule has 1 amide bonds. The SMILES string of the molecule is CCOc1cc(C(=O)N(C)CCCC2CC(c3ccccc3)NN2)ccc1OC. The predicted molar refractivity (Wildman–Crippen MR) is 114 cm³/mol. The Labute approximate surface area is 173 Å². The number of amides is 1. The molecule has 0 spiro atoms. The summed E-state index contributed by atoms with van der Waals surface area (Å²) in [5.41, 5.74) is 8.69. The molecular formula is C23H31N3O3. The first-order chi connectivity index (χ1) is 14.1. The molecule has 2 atom stereocenters. The molecule has 2 aromatic rings. The molecule has 0 aromatic heterocycles. The number of carbonyl (C=O) groups is 1. The minimum atomic E-state index is -0.00623. The summed E-state index contributed by atoms with van der Waals surface area (Å²) in [5.74, 6) is 1.23. The van der Waals surface area contributed by atoms with Crippen LogP contribution in [0.1, 0.15) is 48.1 Å². The topological polar surface area (TPSA) is 62.8 Å². The van der Waals surface area contributed by atoms with Gasteiger partial charge in [0, 0.05) is 31.2 Å². The molecule has 0 bridgehead atoms. The number of nitrogens with zero attached hydrogens (tertiary/aromatic N) is 1. The van der Waals surface area contributed by atoms with Gasteiger partial charge in [0.1, 0.15) is 0 Å². The van der Waals surface area contributed by atoms with E-state index in [0.29, 0.717) is 42.3 Å². The Kier molecular flexibility index (Phi) is 7.49. The van der Waals surface area contributed by atoms with Gasteiger partial charge in [0.15, 0.2) is 11.5 Å². The Morgan fingerprint density at radius 3 is 2.66 bits per heavy atom. The van der Waals surface area contributed by atoms with E-state index in [1.165, 1.54) is 5.56 Å². The normalized spacial score (nSPS) is 18.4. The van der Waals surface area contributed by atoms with Crippen molar-refractivity contribution in [2.45, 2.75) is 38.3 Å². The van der Waals surface area contributed by atoms with Gasteiger partial charge < -0.3 is 14.4 Å².